The zero-order valence-corrected chi connectivity index (χ0v) is 19.8. The third kappa shape index (κ3) is 4.00. The highest BCUT2D eigenvalue weighted by Gasteiger charge is 2.17. The molecule has 3 heterocycles. The van der Waals surface area contributed by atoms with Crippen LogP contribution in [0.5, 0.6) is 0 Å². The Balaban J connectivity index is 1.52. The van der Waals surface area contributed by atoms with Crippen molar-refractivity contribution in [1.82, 2.24) is 40.1 Å². The van der Waals surface area contributed by atoms with Gasteiger partial charge in [0.2, 0.25) is 11.8 Å². The molecule has 1 N–H and O–H groups in total. The van der Waals surface area contributed by atoms with E-state index in [2.05, 4.69) is 67.4 Å². The predicted molar refractivity (Wildman–Crippen MR) is 133 cm³/mol. The molecule has 9 heteroatoms. The maximum absolute atomic E-state index is 4.90. The third-order valence-corrected chi connectivity index (χ3v) is 5.83. The fraction of sp³-hybridized carbons (Fsp3) is 0.280. The Morgan fingerprint density at radius 3 is 2.38 bits per heavy atom. The number of hydrogen-bond donors (Lipinski definition) is 1. The van der Waals surface area contributed by atoms with Crippen molar-refractivity contribution >= 4 is 17.1 Å². The van der Waals surface area contributed by atoms with E-state index in [1.165, 1.54) is 5.56 Å². The lowest BCUT2D eigenvalue weighted by molar-refractivity contribution is 0.716. The molecule has 0 fully saturated rings. The largest absolute Gasteiger partial charge is 0.347 e. The standard InChI is InChI=1S/C25H27N9/c1-5-8-21-27-22-16(2)26-25(33(3)4)28-24(22)34(21)15-17-11-13-18(14-12-17)19-9-6-7-10-20(19)23-29-31-32-30-23/h6-7,9-14H,5,8,15H2,1-4H3,(H,29,30,31,32). The number of anilines is 1. The first-order valence-electron chi connectivity index (χ1n) is 11.4. The number of fused-ring (bicyclic) bond motifs is 1. The number of imidazole rings is 1. The van der Waals surface area contributed by atoms with Crippen molar-refractivity contribution in [2.45, 2.75) is 33.2 Å². The minimum Gasteiger partial charge on any atom is -0.347 e. The average Bonchev–Trinajstić information content (AvgIpc) is 3.49. The molecule has 0 atom stereocenters. The number of benzene rings is 2. The van der Waals surface area contributed by atoms with Crippen molar-refractivity contribution in [3.05, 3.63) is 65.6 Å². The molecule has 9 nitrogen and oxygen atoms in total. The number of aryl methyl sites for hydroxylation is 2. The summed E-state index contributed by atoms with van der Waals surface area (Å²) in [5.41, 5.74) is 6.94. The van der Waals surface area contributed by atoms with E-state index in [0.717, 1.165) is 52.2 Å². The molecule has 0 unspecified atom stereocenters. The van der Waals surface area contributed by atoms with Crippen molar-refractivity contribution in [2.75, 3.05) is 19.0 Å². The highest BCUT2D eigenvalue weighted by Crippen LogP contribution is 2.30. The monoisotopic (exact) mass is 453 g/mol. The Kier molecular flexibility index (Phi) is 5.75. The van der Waals surface area contributed by atoms with E-state index in [-0.39, 0.29) is 0 Å². The van der Waals surface area contributed by atoms with Gasteiger partial charge in [-0.05, 0) is 35.2 Å². The number of H-pyrrole nitrogens is 1. The molecule has 0 saturated carbocycles. The summed E-state index contributed by atoms with van der Waals surface area (Å²) < 4.78 is 2.22. The van der Waals surface area contributed by atoms with Crippen molar-refractivity contribution in [2.24, 2.45) is 0 Å². The van der Waals surface area contributed by atoms with Gasteiger partial charge in [-0.1, -0.05) is 55.5 Å². The molecule has 34 heavy (non-hydrogen) atoms. The second-order valence-corrected chi connectivity index (χ2v) is 8.52. The van der Waals surface area contributed by atoms with Gasteiger partial charge < -0.3 is 9.47 Å². The predicted octanol–water partition coefficient (Wildman–Crippen LogP) is 4.05. The molecular formula is C25H27N9. The number of tetrazole rings is 1. The van der Waals surface area contributed by atoms with Gasteiger partial charge in [0.25, 0.3) is 0 Å². The van der Waals surface area contributed by atoms with Crippen LogP contribution in [0.15, 0.2) is 48.5 Å². The van der Waals surface area contributed by atoms with Crippen molar-refractivity contribution in [3.63, 3.8) is 0 Å². The second-order valence-electron chi connectivity index (χ2n) is 8.52. The maximum Gasteiger partial charge on any atom is 0.227 e. The van der Waals surface area contributed by atoms with Gasteiger partial charge in [-0.15, -0.1) is 10.2 Å². The summed E-state index contributed by atoms with van der Waals surface area (Å²) in [6.45, 7) is 4.87. The SMILES string of the molecule is CCCc1nc2c(C)nc(N(C)C)nc2n1Cc1ccc(-c2ccccc2-c2nn[nH]n2)cc1. The van der Waals surface area contributed by atoms with Crippen LogP contribution >= 0.6 is 0 Å². The summed E-state index contributed by atoms with van der Waals surface area (Å²) in [7, 11) is 3.92. The summed E-state index contributed by atoms with van der Waals surface area (Å²) in [4.78, 5) is 16.3. The van der Waals surface area contributed by atoms with Crippen LogP contribution in [0.2, 0.25) is 0 Å². The normalized spacial score (nSPS) is 11.3. The molecule has 5 aromatic rings. The Morgan fingerprint density at radius 1 is 0.941 bits per heavy atom. The van der Waals surface area contributed by atoms with Crippen molar-refractivity contribution in [1.29, 1.82) is 0 Å². The van der Waals surface area contributed by atoms with Crippen LogP contribution < -0.4 is 4.90 Å². The number of aromatic amines is 1. The molecule has 0 aliphatic heterocycles. The van der Waals surface area contributed by atoms with Gasteiger partial charge in [0.15, 0.2) is 5.65 Å². The Hall–Kier alpha value is -4.14. The number of hydrogen-bond acceptors (Lipinski definition) is 7. The zero-order valence-electron chi connectivity index (χ0n) is 19.8. The van der Waals surface area contributed by atoms with Gasteiger partial charge in [0.1, 0.15) is 11.3 Å². The Morgan fingerprint density at radius 2 is 1.71 bits per heavy atom. The highest BCUT2D eigenvalue weighted by atomic mass is 15.5. The van der Waals surface area contributed by atoms with Crippen molar-refractivity contribution in [3.8, 4) is 22.5 Å². The summed E-state index contributed by atoms with van der Waals surface area (Å²) in [5.74, 6) is 2.32. The second kappa shape index (κ2) is 9.01. The third-order valence-electron chi connectivity index (χ3n) is 5.83. The van der Waals surface area contributed by atoms with Crippen LogP contribution in [0.25, 0.3) is 33.7 Å². The molecule has 0 bridgehead atoms. The molecule has 0 amide bonds. The van der Waals surface area contributed by atoms with Crippen LogP contribution in [0.4, 0.5) is 5.95 Å². The molecule has 0 spiro atoms. The van der Waals surface area contributed by atoms with Crippen LogP contribution in [0.3, 0.4) is 0 Å². The lowest BCUT2D eigenvalue weighted by Crippen LogP contribution is -2.14. The minimum absolute atomic E-state index is 0.584. The van der Waals surface area contributed by atoms with E-state index in [9.17, 15) is 0 Å². The van der Waals surface area contributed by atoms with Gasteiger partial charge in [-0.3, -0.25) is 0 Å². The van der Waals surface area contributed by atoms with E-state index in [0.29, 0.717) is 18.3 Å². The van der Waals surface area contributed by atoms with E-state index in [1.54, 1.807) is 0 Å². The maximum atomic E-state index is 4.90. The number of nitrogens with zero attached hydrogens (tertiary/aromatic N) is 8. The van der Waals surface area contributed by atoms with Gasteiger partial charge in [-0.25, -0.2) is 9.97 Å². The number of nitrogens with one attached hydrogen (secondary N) is 1. The Bertz CT molecular complexity index is 1420. The summed E-state index contributed by atoms with van der Waals surface area (Å²) >= 11 is 0. The Labute approximate surface area is 197 Å². The molecular weight excluding hydrogens is 426 g/mol. The first-order valence-corrected chi connectivity index (χ1v) is 11.4. The van der Waals surface area contributed by atoms with Gasteiger partial charge in [0, 0.05) is 26.1 Å². The molecule has 2 aromatic carbocycles. The molecule has 0 radical (unpaired) electrons. The van der Waals surface area contributed by atoms with Gasteiger partial charge in [0.05, 0.1) is 12.2 Å². The molecule has 5 rings (SSSR count). The fourth-order valence-corrected chi connectivity index (χ4v) is 4.13. The van der Waals surface area contributed by atoms with E-state index in [4.69, 9.17) is 9.97 Å². The lowest BCUT2D eigenvalue weighted by atomic mass is 9.98. The van der Waals surface area contributed by atoms with Crippen LogP contribution in [-0.2, 0) is 13.0 Å². The minimum atomic E-state index is 0.584. The first-order chi connectivity index (χ1) is 16.5. The van der Waals surface area contributed by atoms with E-state index < -0.39 is 0 Å². The highest BCUT2D eigenvalue weighted by molar-refractivity contribution is 5.80. The smallest absolute Gasteiger partial charge is 0.227 e. The average molecular weight is 454 g/mol. The topological polar surface area (TPSA) is 101 Å². The number of rotatable bonds is 7. The van der Waals surface area contributed by atoms with E-state index in [1.807, 2.05) is 44.1 Å². The van der Waals surface area contributed by atoms with Crippen LogP contribution in [0.1, 0.15) is 30.4 Å². The number of aromatic nitrogens is 8. The molecule has 3 aromatic heterocycles. The molecule has 0 aliphatic rings. The summed E-state index contributed by atoms with van der Waals surface area (Å²) in [5, 5.41) is 14.5. The van der Waals surface area contributed by atoms with Gasteiger partial charge in [-0.2, -0.15) is 10.2 Å². The van der Waals surface area contributed by atoms with Crippen LogP contribution in [-0.4, -0.2) is 54.2 Å². The lowest BCUT2D eigenvalue weighted by Gasteiger charge is -2.13. The zero-order chi connectivity index (χ0) is 23.7. The molecule has 172 valence electrons. The van der Waals surface area contributed by atoms with Crippen molar-refractivity contribution < 1.29 is 0 Å². The van der Waals surface area contributed by atoms with E-state index >= 15 is 0 Å². The molecule has 0 saturated heterocycles. The first kappa shape index (κ1) is 21.7. The fourth-order valence-electron chi connectivity index (χ4n) is 4.13. The molecule has 0 aliphatic carbocycles. The summed E-state index contributed by atoms with van der Waals surface area (Å²) in [6.07, 6.45) is 1.91. The summed E-state index contributed by atoms with van der Waals surface area (Å²) in [6, 6.07) is 16.7. The quantitative estimate of drug-likeness (QED) is 0.397. The van der Waals surface area contributed by atoms with Crippen LogP contribution in [0, 0.1) is 6.92 Å². The van der Waals surface area contributed by atoms with Gasteiger partial charge >= 0.3 is 0 Å².